The lowest BCUT2D eigenvalue weighted by Crippen LogP contribution is -2.44. The van der Waals surface area contributed by atoms with Crippen LogP contribution < -0.4 is 17.1 Å². The lowest BCUT2D eigenvalue weighted by molar-refractivity contribution is 0.552. The van der Waals surface area contributed by atoms with Gasteiger partial charge in [-0.3, -0.25) is 9.97 Å². The van der Waals surface area contributed by atoms with E-state index in [9.17, 15) is 14.4 Å². The van der Waals surface area contributed by atoms with Crippen LogP contribution in [0.15, 0.2) is 44.7 Å². The summed E-state index contributed by atoms with van der Waals surface area (Å²) in [5.41, 5.74) is -1.41. The fourth-order valence-electron chi connectivity index (χ4n) is 1.67. The topological polar surface area (TPSA) is 87.7 Å². The van der Waals surface area contributed by atoms with Gasteiger partial charge in [0, 0.05) is 0 Å². The van der Waals surface area contributed by atoms with E-state index in [4.69, 9.17) is 0 Å². The highest BCUT2D eigenvalue weighted by Crippen LogP contribution is 2.12. The van der Waals surface area contributed by atoms with Crippen molar-refractivity contribution in [3.8, 4) is 0 Å². The summed E-state index contributed by atoms with van der Waals surface area (Å²) in [5.74, 6) is 0. The van der Waals surface area contributed by atoms with Crippen molar-refractivity contribution in [1.82, 2.24) is 14.5 Å². The second kappa shape index (κ2) is 4.25. The number of hydrogen-bond acceptors (Lipinski definition) is 3. The zero-order valence-electron chi connectivity index (χ0n) is 9.14. The SMILES string of the molecule is CC(c1ccccc1)n1c(=O)[nH]c(=O)[nH]c1=O. The maximum absolute atomic E-state index is 11.6. The van der Waals surface area contributed by atoms with Crippen molar-refractivity contribution in [2.45, 2.75) is 13.0 Å². The van der Waals surface area contributed by atoms with Crippen molar-refractivity contribution < 1.29 is 0 Å². The largest absolute Gasteiger partial charge is 0.334 e. The molecule has 6 heteroatoms. The van der Waals surface area contributed by atoms with Crippen LogP contribution in [0.3, 0.4) is 0 Å². The maximum atomic E-state index is 11.6. The van der Waals surface area contributed by atoms with Gasteiger partial charge in [-0.15, -0.1) is 0 Å². The number of aromatic amines is 2. The maximum Gasteiger partial charge on any atom is 0.334 e. The predicted octanol–water partition coefficient (Wildman–Crippen LogP) is -0.166. The van der Waals surface area contributed by atoms with Gasteiger partial charge in [0.15, 0.2) is 0 Å². The van der Waals surface area contributed by atoms with Crippen LogP contribution in [0.1, 0.15) is 18.5 Å². The Hall–Kier alpha value is -2.37. The fraction of sp³-hybridized carbons (Fsp3) is 0.182. The van der Waals surface area contributed by atoms with E-state index in [0.29, 0.717) is 0 Å². The second-order valence-electron chi connectivity index (χ2n) is 3.65. The Labute approximate surface area is 95.6 Å². The Morgan fingerprint density at radius 1 is 1.00 bits per heavy atom. The van der Waals surface area contributed by atoms with Crippen LogP contribution in [-0.4, -0.2) is 14.5 Å². The predicted molar refractivity (Wildman–Crippen MR) is 62.2 cm³/mol. The highest BCUT2D eigenvalue weighted by Gasteiger charge is 2.12. The van der Waals surface area contributed by atoms with Crippen LogP contribution in [-0.2, 0) is 0 Å². The molecular formula is C11H11N3O3. The van der Waals surface area contributed by atoms with E-state index in [1.54, 1.807) is 6.92 Å². The minimum atomic E-state index is -0.795. The summed E-state index contributed by atoms with van der Waals surface area (Å²) < 4.78 is 0.969. The van der Waals surface area contributed by atoms with Crippen LogP contribution in [0, 0.1) is 0 Å². The molecule has 88 valence electrons. The van der Waals surface area contributed by atoms with Gasteiger partial charge in [-0.1, -0.05) is 30.3 Å². The number of rotatable bonds is 2. The first-order chi connectivity index (χ1) is 8.09. The number of nitrogens with one attached hydrogen (secondary N) is 2. The van der Waals surface area contributed by atoms with E-state index in [1.165, 1.54) is 0 Å². The normalized spacial score (nSPS) is 12.3. The summed E-state index contributed by atoms with van der Waals surface area (Å²) in [6.45, 7) is 1.71. The van der Waals surface area contributed by atoms with Crippen molar-refractivity contribution in [3.05, 3.63) is 67.3 Å². The highest BCUT2D eigenvalue weighted by atomic mass is 16.2. The van der Waals surface area contributed by atoms with Gasteiger partial charge < -0.3 is 0 Å². The first kappa shape index (κ1) is 11.1. The third-order valence-corrected chi connectivity index (χ3v) is 2.55. The Kier molecular flexibility index (Phi) is 2.78. The van der Waals surface area contributed by atoms with Gasteiger partial charge in [-0.25, -0.2) is 19.0 Å². The monoisotopic (exact) mass is 233 g/mol. The molecule has 2 aromatic rings. The summed E-state index contributed by atoms with van der Waals surface area (Å²) in [5, 5.41) is 0. The fourth-order valence-corrected chi connectivity index (χ4v) is 1.67. The van der Waals surface area contributed by atoms with Crippen LogP contribution >= 0.6 is 0 Å². The van der Waals surface area contributed by atoms with Gasteiger partial charge in [0.05, 0.1) is 6.04 Å². The molecule has 0 fully saturated rings. The molecule has 2 rings (SSSR count). The zero-order valence-corrected chi connectivity index (χ0v) is 9.14. The van der Waals surface area contributed by atoms with Crippen LogP contribution in [0.25, 0.3) is 0 Å². The molecule has 17 heavy (non-hydrogen) atoms. The van der Waals surface area contributed by atoms with E-state index >= 15 is 0 Å². The Morgan fingerprint density at radius 3 is 2.06 bits per heavy atom. The van der Waals surface area contributed by atoms with Gasteiger partial charge in [0.1, 0.15) is 0 Å². The molecule has 1 aromatic heterocycles. The summed E-state index contributed by atoms with van der Waals surface area (Å²) >= 11 is 0. The Morgan fingerprint density at radius 2 is 1.53 bits per heavy atom. The second-order valence-corrected chi connectivity index (χ2v) is 3.65. The molecule has 0 bridgehead atoms. The number of benzene rings is 1. The Bertz CT molecular complexity index is 647. The lowest BCUT2D eigenvalue weighted by Gasteiger charge is -2.12. The average Bonchev–Trinajstić information content (AvgIpc) is 2.28. The third kappa shape index (κ3) is 2.10. The molecule has 6 nitrogen and oxygen atoms in total. The molecule has 2 N–H and O–H groups in total. The first-order valence-corrected chi connectivity index (χ1v) is 5.09. The smallest absolute Gasteiger partial charge is 0.259 e. The molecule has 0 aliphatic rings. The lowest BCUT2D eigenvalue weighted by atomic mass is 10.1. The highest BCUT2D eigenvalue weighted by molar-refractivity contribution is 5.18. The van der Waals surface area contributed by atoms with E-state index in [-0.39, 0.29) is 0 Å². The van der Waals surface area contributed by atoms with Crippen molar-refractivity contribution in [2.24, 2.45) is 0 Å². The Balaban J connectivity index is 2.60. The van der Waals surface area contributed by atoms with E-state index in [1.807, 2.05) is 40.3 Å². The molecule has 1 unspecified atom stereocenters. The summed E-state index contributed by atoms with van der Waals surface area (Å²) in [6, 6.07) is 8.65. The summed E-state index contributed by atoms with van der Waals surface area (Å²) in [6.07, 6.45) is 0. The van der Waals surface area contributed by atoms with Gasteiger partial charge in [0.2, 0.25) is 0 Å². The number of H-pyrrole nitrogens is 2. The molecule has 0 amide bonds. The van der Waals surface area contributed by atoms with Crippen LogP contribution in [0.2, 0.25) is 0 Å². The van der Waals surface area contributed by atoms with E-state index in [0.717, 1.165) is 10.1 Å². The molecule has 0 saturated carbocycles. The van der Waals surface area contributed by atoms with E-state index in [2.05, 4.69) is 0 Å². The summed E-state index contributed by atoms with van der Waals surface area (Å²) in [4.78, 5) is 38.1. The molecule has 0 aliphatic carbocycles. The van der Waals surface area contributed by atoms with Gasteiger partial charge in [-0.05, 0) is 12.5 Å². The molecule has 1 aromatic carbocycles. The molecule has 0 spiro atoms. The van der Waals surface area contributed by atoms with Crippen molar-refractivity contribution in [3.63, 3.8) is 0 Å². The number of nitrogens with zero attached hydrogens (tertiary/aromatic N) is 1. The minimum Gasteiger partial charge on any atom is -0.259 e. The molecule has 0 radical (unpaired) electrons. The standard InChI is InChI=1S/C11H11N3O3/c1-7(8-5-3-2-4-6-8)14-10(16)12-9(15)13-11(14)17/h2-7H,1H3,(H2,12,13,15,16,17). The van der Waals surface area contributed by atoms with Crippen molar-refractivity contribution in [2.75, 3.05) is 0 Å². The number of aromatic nitrogens is 3. The van der Waals surface area contributed by atoms with Gasteiger partial charge >= 0.3 is 17.1 Å². The van der Waals surface area contributed by atoms with E-state index < -0.39 is 23.1 Å². The molecule has 0 saturated heterocycles. The third-order valence-electron chi connectivity index (χ3n) is 2.55. The molecule has 0 aliphatic heterocycles. The van der Waals surface area contributed by atoms with Gasteiger partial charge in [0.25, 0.3) is 0 Å². The molecule has 1 atom stereocenters. The average molecular weight is 233 g/mol. The summed E-state index contributed by atoms with van der Waals surface area (Å²) in [7, 11) is 0. The van der Waals surface area contributed by atoms with Crippen LogP contribution in [0.5, 0.6) is 0 Å². The zero-order chi connectivity index (χ0) is 12.4. The number of hydrogen-bond donors (Lipinski definition) is 2. The van der Waals surface area contributed by atoms with Crippen molar-refractivity contribution >= 4 is 0 Å². The molecular weight excluding hydrogens is 222 g/mol. The first-order valence-electron chi connectivity index (χ1n) is 5.09. The minimum absolute atomic E-state index is 0.440. The van der Waals surface area contributed by atoms with Crippen molar-refractivity contribution in [1.29, 1.82) is 0 Å². The van der Waals surface area contributed by atoms with Gasteiger partial charge in [-0.2, -0.15) is 0 Å². The quantitative estimate of drug-likeness (QED) is 0.755. The van der Waals surface area contributed by atoms with Crippen LogP contribution in [0.4, 0.5) is 0 Å². The molecule has 1 heterocycles.